The van der Waals surface area contributed by atoms with Crippen molar-refractivity contribution in [1.29, 1.82) is 0 Å². The third-order valence-corrected chi connectivity index (χ3v) is 4.92. The number of aryl methyl sites for hydroxylation is 2. The van der Waals surface area contributed by atoms with Crippen LogP contribution in [0.2, 0.25) is 0 Å². The summed E-state index contributed by atoms with van der Waals surface area (Å²) in [5.74, 6) is 0.215. The second kappa shape index (κ2) is 9.36. The van der Waals surface area contributed by atoms with E-state index in [0.29, 0.717) is 12.3 Å². The largest absolute Gasteiger partial charge is 0.494 e. The summed E-state index contributed by atoms with van der Waals surface area (Å²) in [5.41, 5.74) is 5.42. The fraction of sp³-hybridized carbons (Fsp3) is 0.300. The first-order valence-electron chi connectivity index (χ1n) is 8.80. The van der Waals surface area contributed by atoms with E-state index in [-0.39, 0.29) is 6.54 Å². The molecule has 0 aromatic heterocycles. The molecule has 1 amide bonds. The van der Waals surface area contributed by atoms with Crippen LogP contribution in [0.15, 0.2) is 47.6 Å². The minimum atomic E-state index is -3.63. The summed E-state index contributed by atoms with van der Waals surface area (Å²) in [6.45, 7) is 5.88. The molecule has 0 saturated carbocycles. The number of carbonyl (C=O) groups is 1. The predicted molar refractivity (Wildman–Crippen MR) is 111 cm³/mol. The van der Waals surface area contributed by atoms with Crippen molar-refractivity contribution in [3.05, 3.63) is 59.2 Å². The minimum Gasteiger partial charge on any atom is -0.494 e. The molecule has 8 heteroatoms. The summed E-state index contributed by atoms with van der Waals surface area (Å²) in [4.78, 5) is 12.2. The van der Waals surface area contributed by atoms with Gasteiger partial charge in [-0.1, -0.05) is 6.07 Å². The Hall–Kier alpha value is -2.87. The fourth-order valence-electron chi connectivity index (χ4n) is 2.66. The van der Waals surface area contributed by atoms with Gasteiger partial charge in [0.15, 0.2) is 0 Å². The highest BCUT2D eigenvalue weighted by Gasteiger charge is 2.21. The number of hydrogen-bond acceptors (Lipinski definition) is 5. The standard InChI is InChI=1S/C20H25N3O4S/c1-5-27-19-8-6-17(7-9-19)13-21-22-20(24)14-23(28(4,25)26)18-11-15(2)10-16(3)12-18/h6-13H,5,14H2,1-4H3,(H,22,24)/b21-13-. The van der Waals surface area contributed by atoms with Crippen LogP contribution < -0.4 is 14.5 Å². The second-order valence-electron chi connectivity index (χ2n) is 6.41. The van der Waals surface area contributed by atoms with Crippen LogP contribution in [0.1, 0.15) is 23.6 Å². The van der Waals surface area contributed by atoms with E-state index in [1.807, 2.05) is 26.8 Å². The number of nitrogens with zero attached hydrogens (tertiary/aromatic N) is 2. The lowest BCUT2D eigenvalue weighted by Gasteiger charge is -2.22. The van der Waals surface area contributed by atoms with Gasteiger partial charge in [0.1, 0.15) is 12.3 Å². The number of hydrazone groups is 1. The molecule has 1 N–H and O–H groups in total. The summed E-state index contributed by atoms with van der Waals surface area (Å²) >= 11 is 0. The van der Waals surface area contributed by atoms with Crippen molar-refractivity contribution in [2.45, 2.75) is 20.8 Å². The first-order chi connectivity index (χ1) is 13.2. The average Bonchev–Trinajstić information content (AvgIpc) is 2.59. The lowest BCUT2D eigenvalue weighted by Crippen LogP contribution is -2.39. The van der Waals surface area contributed by atoms with E-state index in [9.17, 15) is 13.2 Å². The third kappa shape index (κ3) is 6.38. The van der Waals surface area contributed by atoms with Gasteiger partial charge in [-0.3, -0.25) is 9.10 Å². The van der Waals surface area contributed by atoms with E-state index in [0.717, 1.165) is 33.0 Å². The summed E-state index contributed by atoms with van der Waals surface area (Å²) < 4.78 is 30.8. The van der Waals surface area contributed by atoms with Gasteiger partial charge in [0.05, 0.1) is 24.8 Å². The van der Waals surface area contributed by atoms with Crippen molar-refractivity contribution in [3.63, 3.8) is 0 Å². The molecular formula is C20H25N3O4S. The number of hydrogen-bond donors (Lipinski definition) is 1. The molecule has 0 bridgehead atoms. The zero-order chi connectivity index (χ0) is 20.7. The van der Waals surface area contributed by atoms with Gasteiger partial charge in [0.25, 0.3) is 5.91 Å². The van der Waals surface area contributed by atoms with Crippen LogP contribution in [0.4, 0.5) is 5.69 Å². The maximum atomic E-state index is 12.2. The molecule has 0 aliphatic rings. The molecule has 0 saturated heterocycles. The molecule has 150 valence electrons. The molecule has 0 fully saturated rings. The van der Waals surface area contributed by atoms with Crippen molar-refractivity contribution in [2.75, 3.05) is 23.7 Å². The molecular weight excluding hydrogens is 378 g/mol. The van der Waals surface area contributed by atoms with Crippen LogP contribution in [0.25, 0.3) is 0 Å². The Morgan fingerprint density at radius 1 is 1.14 bits per heavy atom. The number of rotatable bonds is 8. The Morgan fingerprint density at radius 3 is 2.29 bits per heavy atom. The van der Waals surface area contributed by atoms with Crippen molar-refractivity contribution in [3.8, 4) is 5.75 Å². The van der Waals surface area contributed by atoms with Crippen molar-refractivity contribution in [2.24, 2.45) is 5.10 Å². The number of sulfonamides is 1. The van der Waals surface area contributed by atoms with Gasteiger partial charge < -0.3 is 4.74 Å². The van der Waals surface area contributed by atoms with E-state index in [2.05, 4.69) is 10.5 Å². The summed E-state index contributed by atoms with van der Waals surface area (Å²) in [6.07, 6.45) is 2.55. The van der Waals surface area contributed by atoms with Gasteiger partial charge in [-0.05, 0) is 73.9 Å². The maximum Gasteiger partial charge on any atom is 0.260 e. The average molecular weight is 404 g/mol. The smallest absolute Gasteiger partial charge is 0.260 e. The van der Waals surface area contributed by atoms with Crippen LogP contribution in [0.5, 0.6) is 5.75 Å². The van der Waals surface area contributed by atoms with Gasteiger partial charge in [0.2, 0.25) is 10.0 Å². The summed E-state index contributed by atoms with van der Waals surface area (Å²) in [7, 11) is -3.63. The molecule has 0 heterocycles. The second-order valence-corrected chi connectivity index (χ2v) is 8.32. The maximum absolute atomic E-state index is 12.2. The van der Waals surface area contributed by atoms with Gasteiger partial charge in [-0.15, -0.1) is 0 Å². The Bertz CT molecular complexity index is 934. The Labute approximate surface area is 166 Å². The highest BCUT2D eigenvalue weighted by molar-refractivity contribution is 7.92. The fourth-order valence-corrected chi connectivity index (χ4v) is 3.50. The van der Waals surface area contributed by atoms with E-state index < -0.39 is 15.9 Å². The van der Waals surface area contributed by atoms with E-state index >= 15 is 0 Å². The Morgan fingerprint density at radius 2 is 1.75 bits per heavy atom. The molecule has 7 nitrogen and oxygen atoms in total. The van der Waals surface area contributed by atoms with Gasteiger partial charge in [-0.25, -0.2) is 13.8 Å². The predicted octanol–water partition coefficient (Wildman–Crippen LogP) is 2.62. The van der Waals surface area contributed by atoms with Crippen molar-refractivity contribution < 1.29 is 17.9 Å². The van der Waals surface area contributed by atoms with Gasteiger partial charge in [-0.2, -0.15) is 5.10 Å². The van der Waals surface area contributed by atoms with Crippen molar-refractivity contribution in [1.82, 2.24) is 5.43 Å². The van der Waals surface area contributed by atoms with Gasteiger partial charge >= 0.3 is 0 Å². The first kappa shape index (κ1) is 21.4. The molecule has 2 aromatic carbocycles. The zero-order valence-electron chi connectivity index (χ0n) is 16.5. The molecule has 2 rings (SSSR count). The number of carbonyl (C=O) groups excluding carboxylic acids is 1. The molecule has 0 aliphatic carbocycles. The summed E-state index contributed by atoms with van der Waals surface area (Å²) in [6, 6.07) is 12.6. The highest BCUT2D eigenvalue weighted by Crippen LogP contribution is 2.21. The molecule has 2 aromatic rings. The molecule has 0 atom stereocenters. The Balaban J connectivity index is 2.05. The molecule has 28 heavy (non-hydrogen) atoms. The zero-order valence-corrected chi connectivity index (χ0v) is 17.3. The minimum absolute atomic E-state index is 0.359. The van der Waals surface area contributed by atoms with Gasteiger partial charge in [0, 0.05) is 0 Å². The molecule has 0 unspecified atom stereocenters. The van der Waals surface area contributed by atoms with E-state index in [1.165, 1.54) is 6.21 Å². The first-order valence-corrected chi connectivity index (χ1v) is 10.6. The number of ether oxygens (including phenoxy) is 1. The molecule has 0 aliphatic heterocycles. The number of amides is 1. The van der Waals surface area contributed by atoms with Crippen LogP contribution in [0.3, 0.4) is 0 Å². The summed E-state index contributed by atoms with van der Waals surface area (Å²) in [5, 5.41) is 3.89. The highest BCUT2D eigenvalue weighted by atomic mass is 32.2. The number of anilines is 1. The normalized spacial score (nSPS) is 11.4. The monoisotopic (exact) mass is 403 g/mol. The Kier molecular flexibility index (Phi) is 7.17. The lowest BCUT2D eigenvalue weighted by molar-refractivity contribution is -0.119. The van der Waals surface area contributed by atoms with Crippen LogP contribution in [0, 0.1) is 13.8 Å². The lowest BCUT2D eigenvalue weighted by atomic mass is 10.1. The van der Waals surface area contributed by atoms with Crippen LogP contribution >= 0.6 is 0 Å². The molecule has 0 radical (unpaired) electrons. The van der Waals surface area contributed by atoms with Crippen LogP contribution in [-0.4, -0.2) is 39.9 Å². The number of nitrogens with one attached hydrogen (secondary N) is 1. The molecule has 0 spiro atoms. The van der Waals surface area contributed by atoms with E-state index in [1.54, 1.807) is 36.4 Å². The SMILES string of the molecule is CCOc1ccc(/C=N\NC(=O)CN(c2cc(C)cc(C)c2)S(C)(=O)=O)cc1. The van der Waals surface area contributed by atoms with Crippen molar-refractivity contribution >= 4 is 27.8 Å². The quantitative estimate of drug-likeness (QED) is 0.542. The topological polar surface area (TPSA) is 88.1 Å². The van der Waals surface area contributed by atoms with Crippen LogP contribution in [-0.2, 0) is 14.8 Å². The van der Waals surface area contributed by atoms with E-state index in [4.69, 9.17) is 4.74 Å². The number of benzene rings is 2. The third-order valence-electron chi connectivity index (χ3n) is 3.78.